The maximum Gasteiger partial charge on any atom is 0.241 e. The van der Waals surface area contributed by atoms with Crippen LogP contribution in [0.3, 0.4) is 0 Å². The van der Waals surface area contributed by atoms with E-state index in [4.69, 9.17) is 5.73 Å². The fraction of sp³-hybridized carbons (Fsp3) is 0.588. The lowest BCUT2D eigenvalue weighted by Gasteiger charge is -2.32. The molecule has 0 saturated carbocycles. The molecule has 0 spiro atoms. The van der Waals surface area contributed by atoms with Gasteiger partial charge < -0.3 is 11.1 Å². The third-order valence-electron chi connectivity index (χ3n) is 4.49. The molecule has 4 heteroatoms. The molecule has 4 nitrogen and oxygen atoms in total. The van der Waals surface area contributed by atoms with E-state index in [0.29, 0.717) is 6.04 Å². The van der Waals surface area contributed by atoms with E-state index in [9.17, 15) is 4.79 Å². The number of anilines is 2. The lowest BCUT2D eigenvalue weighted by molar-refractivity contribution is -0.121. The summed E-state index contributed by atoms with van der Waals surface area (Å²) in [5, 5.41) is 3.04. The number of amides is 1. The van der Waals surface area contributed by atoms with Gasteiger partial charge in [0.1, 0.15) is 0 Å². The summed E-state index contributed by atoms with van der Waals surface area (Å²) < 4.78 is 0. The highest BCUT2D eigenvalue weighted by atomic mass is 16.2. The second kappa shape index (κ2) is 6.94. The second-order valence-corrected chi connectivity index (χ2v) is 6.18. The zero-order chi connectivity index (χ0) is 15.4. The van der Waals surface area contributed by atoms with Crippen LogP contribution in [0.4, 0.5) is 11.4 Å². The molecule has 1 heterocycles. The molecule has 0 aliphatic carbocycles. The molecule has 1 aliphatic rings. The van der Waals surface area contributed by atoms with E-state index < -0.39 is 0 Å². The highest BCUT2D eigenvalue weighted by molar-refractivity contribution is 5.95. The van der Waals surface area contributed by atoms with Gasteiger partial charge in [-0.25, -0.2) is 0 Å². The zero-order valence-corrected chi connectivity index (χ0v) is 13.4. The lowest BCUT2D eigenvalue weighted by atomic mass is 10.1. The first kappa shape index (κ1) is 15.8. The van der Waals surface area contributed by atoms with Crippen molar-refractivity contribution >= 4 is 17.3 Å². The molecule has 1 aliphatic heterocycles. The van der Waals surface area contributed by atoms with E-state index >= 15 is 0 Å². The van der Waals surface area contributed by atoms with Gasteiger partial charge in [0.05, 0.1) is 6.04 Å². The van der Waals surface area contributed by atoms with Gasteiger partial charge in [-0.3, -0.25) is 9.69 Å². The number of nitrogens with one attached hydrogen (secondary N) is 1. The molecule has 0 aromatic heterocycles. The van der Waals surface area contributed by atoms with Gasteiger partial charge in [-0.1, -0.05) is 12.8 Å². The van der Waals surface area contributed by atoms with Crippen LogP contribution in [0, 0.1) is 6.92 Å². The van der Waals surface area contributed by atoms with Gasteiger partial charge in [0.15, 0.2) is 0 Å². The first-order valence-corrected chi connectivity index (χ1v) is 7.92. The van der Waals surface area contributed by atoms with Gasteiger partial charge in [0, 0.05) is 17.4 Å². The quantitative estimate of drug-likeness (QED) is 0.840. The molecule has 0 bridgehead atoms. The lowest BCUT2D eigenvalue weighted by Crippen LogP contribution is -2.46. The topological polar surface area (TPSA) is 58.4 Å². The van der Waals surface area contributed by atoms with Gasteiger partial charge in [-0.05, 0) is 63.9 Å². The Morgan fingerprint density at radius 3 is 2.86 bits per heavy atom. The van der Waals surface area contributed by atoms with Crippen molar-refractivity contribution in [3.8, 4) is 0 Å². The molecule has 1 aromatic rings. The molecule has 2 atom stereocenters. The SMILES string of the molecule is Cc1cc(N)ccc1NC(=O)C(C)N1CCCCCC1C. The Hall–Kier alpha value is -1.55. The second-order valence-electron chi connectivity index (χ2n) is 6.18. The van der Waals surface area contributed by atoms with Gasteiger partial charge in [0.2, 0.25) is 5.91 Å². The highest BCUT2D eigenvalue weighted by Gasteiger charge is 2.26. The minimum Gasteiger partial charge on any atom is -0.399 e. The standard InChI is InChI=1S/C17H27N3O/c1-12-11-15(18)8-9-16(12)19-17(21)14(3)20-10-6-4-5-7-13(20)2/h8-9,11,13-14H,4-7,10,18H2,1-3H3,(H,19,21). The monoisotopic (exact) mass is 289 g/mol. The summed E-state index contributed by atoms with van der Waals surface area (Å²) in [5.41, 5.74) is 8.32. The Labute approximate surface area is 127 Å². The molecule has 1 amide bonds. The van der Waals surface area contributed by atoms with Crippen LogP contribution in [0.5, 0.6) is 0 Å². The number of benzene rings is 1. The number of carbonyl (C=O) groups excluding carboxylic acids is 1. The van der Waals surface area contributed by atoms with Crippen LogP contribution in [0.1, 0.15) is 45.1 Å². The molecule has 21 heavy (non-hydrogen) atoms. The normalized spacial score (nSPS) is 21.6. The Balaban J connectivity index is 2.04. The maximum atomic E-state index is 12.5. The molecular formula is C17H27N3O. The van der Waals surface area contributed by atoms with Crippen LogP contribution in [-0.4, -0.2) is 29.4 Å². The Morgan fingerprint density at radius 2 is 2.14 bits per heavy atom. The Kier molecular flexibility index (Phi) is 5.23. The third kappa shape index (κ3) is 3.97. The number of aryl methyl sites for hydroxylation is 1. The summed E-state index contributed by atoms with van der Waals surface area (Å²) >= 11 is 0. The van der Waals surface area contributed by atoms with E-state index in [1.54, 1.807) is 0 Å². The summed E-state index contributed by atoms with van der Waals surface area (Å²) in [7, 11) is 0. The number of nitrogen functional groups attached to an aromatic ring is 1. The van der Waals surface area contributed by atoms with Crippen molar-refractivity contribution in [2.45, 2.75) is 58.5 Å². The maximum absolute atomic E-state index is 12.5. The minimum atomic E-state index is -0.102. The molecular weight excluding hydrogens is 262 g/mol. The number of hydrogen-bond donors (Lipinski definition) is 2. The van der Waals surface area contributed by atoms with Crippen molar-refractivity contribution in [1.29, 1.82) is 0 Å². The van der Waals surface area contributed by atoms with E-state index in [-0.39, 0.29) is 11.9 Å². The van der Waals surface area contributed by atoms with Crippen molar-refractivity contribution in [1.82, 2.24) is 4.90 Å². The van der Waals surface area contributed by atoms with Crippen molar-refractivity contribution in [2.75, 3.05) is 17.6 Å². The van der Waals surface area contributed by atoms with Gasteiger partial charge in [0.25, 0.3) is 0 Å². The Morgan fingerprint density at radius 1 is 1.38 bits per heavy atom. The van der Waals surface area contributed by atoms with E-state index in [1.165, 1.54) is 25.7 Å². The smallest absolute Gasteiger partial charge is 0.241 e. The number of hydrogen-bond acceptors (Lipinski definition) is 3. The summed E-state index contributed by atoms with van der Waals surface area (Å²) in [5.74, 6) is 0.0663. The largest absolute Gasteiger partial charge is 0.399 e. The number of carbonyl (C=O) groups is 1. The van der Waals surface area contributed by atoms with Gasteiger partial charge >= 0.3 is 0 Å². The molecule has 1 fully saturated rings. The van der Waals surface area contributed by atoms with Crippen molar-refractivity contribution in [2.24, 2.45) is 0 Å². The van der Waals surface area contributed by atoms with Crippen molar-refractivity contribution < 1.29 is 4.79 Å². The van der Waals surface area contributed by atoms with Crippen LogP contribution < -0.4 is 11.1 Å². The van der Waals surface area contributed by atoms with Crippen LogP contribution in [-0.2, 0) is 4.79 Å². The zero-order valence-electron chi connectivity index (χ0n) is 13.4. The van der Waals surface area contributed by atoms with Crippen molar-refractivity contribution in [3.05, 3.63) is 23.8 Å². The Bertz CT molecular complexity index is 501. The first-order chi connectivity index (χ1) is 9.99. The van der Waals surface area contributed by atoms with E-state index in [1.807, 2.05) is 32.0 Å². The van der Waals surface area contributed by atoms with Crippen LogP contribution in [0.15, 0.2) is 18.2 Å². The average molecular weight is 289 g/mol. The summed E-state index contributed by atoms with van der Waals surface area (Å²) in [6.07, 6.45) is 4.90. The molecule has 116 valence electrons. The first-order valence-electron chi connectivity index (χ1n) is 7.92. The predicted octanol–water partition coefficient (Wildman–Crippen LogP) is 3.17. The number of nitrogens with two attached hydrogens (primary N) is 1. The number of nitrogens with zero attached hydrogens (tertiary/aromatic N) is 1. The third-order valence-corrected chi connectivity index (χ3v) is 4.49. The fourth-order valence-corrected chi connectivity index (χ4v) is 3.09. The van der Waals surface area contributed by atoms with Crippen molar-refractivity contribution in [3.63, 3.8) is 0 Å². The molecule has 0 radical (unpaired) electrons. The summed E-state index contributed by atoms with van der Waals surface area (Å²) in [4.78, 5) is 14.9. The number of rotatable bonds is 3. The van der Waals surface area contributed by atoms with Gasteiger partial charge in [-0.2, -0.15) is 0 Å². The van der Waals surface area contributed by atoms with Crippen LogP contribution in [0.25, 0.3) is 0 Å². The average Bonchev–Trinajstić information content (AvgIpc) is 2.65. The summed E-state index contributed by atoms with van der Waals surface area (Å²) in [6, 6.07) is 5.95. The fourth-order valence-electron chi connectivity index (χ4n) is 3.09. The van der Waals surface area contributed by atoms with E-state index in [2.05, 4.69) is 17.1 Å². The molecule has 2 rings (SSSR count). The van der Waals surface area contributed by atoms with Crippen LogP contribution >= 0.6 is 0 Å². The molecule has 3 N–H and O–H groups in total. The summed E-state index contributed by atoms with van der Waals surface area (Å²) in [6.45, 7) is 7.20. The van der Waals surface area contributed by atoms with Crippen LogP contribution in [0.2, 0.25) is 0 Å². The van der Waals surface area contributed by atoms with Gasteiger partial charge in [-0.15, -0.1) is 0 Å². The minimum absolute atomic E-state index is 0.0663. The highest BCUT2D eigenvalue weighted by Crippen LogP contribution is 2.21. The molecule has 2 unspecified atom stereocenters. The van der Waals surface area contributed by atoms with E-state index in [0.717, 1.165) is 23.5 Å². The molecule has 1 aromatic carbocycles. The predicted molar refractivity (Wildman–Crippen MR) is 88.3 cm³/mol. The molecule has 1 saturated heterocycles. The number of likely N-dealkylation sites (tertiary alicyclic amines) is 1.